The summed E-state index contributed by atoms with van der Waals surface area (Å²) >= 11 is 1.87. The number of nitrogens with zero attached hydrogens (tertiary/aromatic N) is 2. The molecule has 1 aliphatic rings. The molecule has 0 amide bonds. The van der Waals surface area contributed by atoms with Crippen LogP contribution < -0.4 is 10.2 Å². The van der Waals surface area contributed by atoms with E-state index in [2.05, 4.69) is 41.2 Å². The molecule has 2 aromatic heterocycles. The number of rotatable bonds is 4. The van der Waals surface area contributed by atoms with Crippen LogP contribution in [0.5, 0.6) is 0 Å². The molecule has 0 saturated carbocycles. The molecule has 0 atom stereocenters. The van der Waals surface area contributed by atoms with Gasteiger partial charge in [-0.15, -0.1) is 11.3 Å². The van der Waals surface area contributed by atoms with Crippen molar-refractivity contribution in [3.8, 4) is 0 Å². The summed E-state index contributed by atoms with van der Waals surface area (Å²) in [7, 11) is 0. The first-order valence-electron chi connectivity index (χ1n) is 7.24. The van der Waals surface area contributed by atoms with Crippen LogP contribution in [0, 0.1) is 13.8 Å². The first-order valence-corrected chi connectivity index (χ1v) is 8.05. The van der Waals surface area contributed by atoms with Gasteiger partial charge in [0.25, 0.3) is 0 Å². The molecule has 3 rings (SSSR count). The van der Waals surface area contributed by atoms with E-state index < -0.39 is 0 Å². The molecule has 0 bridgehead atoms. The molecular formula is C16H21N3S. The number of pyridine rings is 1. The van der Waals surface area contributed by atoms with Crippen LogP contribution in [-0.4, -0.2) is 18.1 Å². The van der Waals surface area contributed by atoms with Crippen LogP contribution in [0.15, 0.2) is 24.4 Å². The van der Waals surface area contributed by atoms with Crippen molar-refractivity contribution in [2.45, 2.75) is 33.2 Å². The van der Waals surface area contributed by atoms with Gasteiger partial charge in [-0.2, -0.15) is 0 Å². The Morgan fingerprint density at radius 1 is 1.30 bits per heavy atom. The van der Waals surface area contributed by atoms with Gasteiger partial charge in [0.15, 0.2) is 5.82 Å². The van der Waals surface area contributed by atoms with Crippen molar-refractivity contribution >= 4 is 22.8 Å². The Bertz CT molecular complexity index is 585. The minimum atomic E-state index is 0.878. The molecule has 0 aromatic carbocycles. The molecule has 0 radical (unpaired) electrons. The number of aromatic nitrogens is 1. The van der Waals surface area contributed by atoms with E-state index in [9.17, 15) is 0 Å². The molecule has 3 nitrogen and oxygen atoms in total. The molecule has 0 aliphatic carbocycles. The minimum absolute atomic E-state index is 0.878. The number of aryl methyl sites for hydroxylation is 2. The van der Waals surface area contributed by atoms with E-state index in [0.29, 0.717) is 0 Å². The van der Waals surface area contributed by atoms with Gasteiger partial charge in [0, 0.05) is 35.6 Å². The zero-order valence-electron chi connectivity index (χ0n) is 12.1. The van der Waals surface area contributed by atoms with Crippen molar-refractivity contribution in [1.29, 1.82) is 0 Å². The van der Waals surface area contributed by atoms with Crippen LogP contribution in [0.25, 0.3) is 0 Å². The summed E-state index contributed by atoms with van der Waals surface area (Å²) < 4.78 is 0. The molecule has 106 valence electrons. The molecule has 1 fully saturated rings. The van der Waals surface area contributed by atoms with E-state index >= 15 is 0 Å². The van der Waals surface area contributed by atoms with Gasteiger partial charge in [0.05, 0.1) is 5.69 Å². The van der Waals surface area contributed by atoms with E-state index in [4.69, 9.17) is 0 Å². The lowest BCUT2D eigenvalue weighted by atomic mass is 10.2. The lowest BCUT2D eigenvalue weighted by Gasteiger charge is -2.20. The molecule has 4 heteroatoms. The summed E-state index contributed by atoms with van der Waals surface area (Å²) in [5, 5.41) is 3.56. The molecule has 3 heterocycles. The van der Waals surface area contributed by atoms with Crippen molar-refractivity contribution < 1.29 is 0 Å². The fraction of sp³-hybridized carbons (Fsp3) is 0.438. The van der Waals surface area contributed by atoms with Crippen molar-refractivity contribution in [2.24, 2.45) is 0 Å². The molecule has 2 aromatic rings. The summed E-state index contributed by atoms with van der Waals surface area (Å²) in [5.74, 6) is 1.11. The average molecular weight is 287 g/mol. The van der Waals surface area contributed by atoms with Crippen molar-refractivity contribution in [3.63, 3.8) is 0 Å². The number of hydrogen-bond acceptors (Lipinski definition) is 4. The van der Waals surface area contributed by atoms with Crippen LogP contribution in [0.3, 0.4) is 0 Å². The molecule has 1 saturated heterocycles. The smallest absolute Gasteiger partial charge is 0.151 e. The second kappa shape index (κ2) is 5.83. The van der Waals surface area contributed by atoms with Crippen LogP contribution in [0.1, 0.15) is 28.2 Å². The van der Waals surface area contributed by atoms with Crippen LogP contribution in [0.2, 0.25) is 0 Å². The monoisotopic (exact) mass is 287 g/mol. The van der Waals surface area contributed by atoms with Crippen molar-refractivity contribution in [1.82, 2.24) is 4.98 Å². The molecular weight excluding hydrogens is 266 g/mol. The Hall–Kier alpha value is -1.55. The standard InChI is InChI=1S/C16H21N3S/c1-12-10-14(13(2)20-12)11-18-15-6-5-7-17-16(15)19-8-3-4-9-19/h5-7,10,18H,3-4,8-9,11H2,1-2H3. The van der Waals surface area contributed by atoms with E-state index in [1.807, 2.05) is 23.6 Å². The Morgan fingerprint density at radius 2 is 2.10 bits per heavy atom. The van der Waals surface area contributed by atoms with Gasteiger partial charge in [-0.05, 0) is 50.5 Å². The van der Waals surface area contributed by atoms with E-state index in [-0.39, 0.29) is 0 Å². The number of hydrogen-bond donors (Lipinski definition) is 1. The van der Waals surface area contributed by atoms with Crippen molar-refractivity contribution in [2.75, 3.05) is 23.3 Å². The Kier molecular flexibility index (Phi) is 3.92. The van der Waals surface area contributed by atoms with E-state index in [0.717, 1.165) is 31.1 Å². The topological polar surface area (TPSA) is 28.2 Å². The third-order valence-electron chi connectivity index (χ3n) is 3.81. The SMILES string of the molecule is Cc1cc(CNc2cccnc2N2CCCC2)c(C)s1. The summed E-state index contributed by atoms with van der Waals surface area (Å²) in [6.45, 7) is 7.49. The quantitative estimate of drug-likeness (QED) is 0.922. The zero-order chi connectivity index (χ0) is 13.9. The Morgan fingerprint density at radius 3 is 2.80 bits per heavy atom. The fourth-order valence-electron chi connectivity index (χ4n) is 2.77. The maximum Gasteiger partial charge on any atom is 0.151 e. The van der Waals surface area contributed by atoms with Gasteiger partial charge in [0.2, 0.25) is 0 Å². The van der Waals surface area contributed by atoms with Gasteiger partial charge in [-0.25, -0.2) is 4.98 Å². The Balaban J connectivity index is 1.75. The molecule has 20 heavy (non-hydrogen) atoms. The van der Waals surface area contributed by atoms with Gasteiger partial charge in [-0.3, -0.25) is 0 Å². The third-order valence-corrected chi connectivity index (χ3v) is 4.81. The number of thiophene rings is 1. The maximum atomic E-state index is 4.57. The highest BCUT2D eigenvalue weighted by molar-refractivity contribution is 7.12. The number of nitrogens with one attached hydrogen (secondary N) is 1. The minimum Gasteiger partial charge on any atom is -0.378 e. The Labute approximate surface area is 124 Å². The summed E-state index contributed by atoms with van der Waals surface area (Å²) in [4.78, 5) is 9.73. The fourth-order valence-corrected chi connectivity index (χ4v) is 3.71. The maximum absolute atomic E-state index is 4.57. The first kappa shape index (κ1) is 13.4. The molecule has 0 spiro atoms. The van der Waals surface area contributed by atoms with Gasteiger partial charge in [-0.1, -0.05) is 0 Å². The third kappa shape index (κ3) is 2.80. The highest BCUT2D eigenvalue weighted by Crippen LogP contribution is 2.27. The van der Waals surface area contributed by atoms with Gasteiger partial charge in [0.1, 0.15) is 0 Å². The number of anilines is 2. The highest BCUT2D eigenvalue weighted by Gasteiger charge is 2.16. The lowest BCUT2D eigenvalue weighted by Crippen LogP contribution is -2.20. The summed E-state index contributed by atoms with van der Waals surface area (Å²) in [6, 6.07) is 6.42. The van der Waals surface area contributed by atoms with Crippen LogP contribution >= 0.6 is 11.3 Å². The predicted molar refractivity (Wildman–Crippen MR) is 86.8 cm³/mol. The lowest BCUT2D eigenvalue weighted by molar-refractivity contribution is 0.934. The summed E-state index contributed by atoms with van der Waals surface area (Å²) in [5.41, 5.74) is 2.54. The second-order valence-electron chi connectivity index (χ2n) is 5.36. The van der Waals surface area contributed by atoms with Crippen molar-refractivity contribution in [3.05, 3.63) is 39.7 Å². The average Bonchev–Trinajstić information content (AvgIpc) is 3.07. The van der Waals surface area contributed by atoms with Crippen LogP contribution in [-0.2, 0) is 6.54 Å². The van der Waals surface area contributed by atoms with Gasteiger partial charge >= 0.3 is 0 Å². The predicted octanol–water partition coefficient (Wildman–Crippen LogP) is 3.97. The molecule has 0 unspecified atom stereocenters. The second-order valence-corrected chi connectivity index (χ2v) is 6.82. The largest absolute Gasteiger partial charge is 0.378 e. The van der Waals surface area contributed by atoms with E-state index in [1.54, 1.807) is 0 Å². The van der Waals surface area contributed by atoms with Crippen LogP contribution in [0.4, 0.5) is 11.5 Å². The molecule has 1 aliphatic heterocycles. The van der Waals surface area contributed by atoms with E-state index in [1.165, 1.54) is 28.2 Å². The first-order chi connectivity index (χ1) is 9.74. The van der Waals surface area contributed by atoms with Gasteiger partial charge < -0.3 is 10.2 Å². The normalized spacial score (nSPS) is 14.8. The molecule has 1 N–H and O–H groups in total. The summed E-state index contributed by atoms with van der Waals surface area (Å²) in [6.07, 6.45) is 4.44. The highest BCUT2D eigenvalue weighted by atomic mass is 32.1. The zero-order valence-corrected chi connectivity index (χ0v) is 13.0.